The molecule has 4 nitrogen and oxygen atoms in total. The molecule has 0 saturated carbocycles. The van der Waals surface area contributed by atoms with E-state index >= 15 is 0 Å². The third-order valence-corrected chi connectivity index (χ3v) is 1.78. The fraction of sp³-hybridized carbons (Fsp3) is 1.00. The highest BCUT2D eigenvalue weighted by Gasteiger charge is 2.39. The van der Waals surface area contributed by atoms with Crippen molar-refractivity contribution < 1.29 is 20.1 Å². The van der Waals surface area contributed by atoms with Crippen molar-refractivity contribution in [1.82, 2.24) is 0 Å². The van der Waals surface area contributed by atoms with Crippen LogP contribution in [0.25, 0.3) is 0 Å². The zero-order valence-corrected chi connectivity index (χ0v) is 5.77. The smallest absolute Gasteiger partial charge is 0.111 e. The van der Waals surface area contributed by atoms with Crippen LogP contribution < -0.4 is 0 Å². The Labute approximate surface area is 59.1 Å². The van der Waals surface area contributed by atoms with Crippen molar-refractivity contribution in [3.8, 4) is 0 Å². The highest BCUT2D eigenvalue weighted by atomic mass is 16.5. The van der Waals surface area contributed by atoms with Gasteiger partial charge in [-0.25, -0.2) is 0 Å². The van der Waals surface area contributed by atoms with Crippen LogP contribution in [-0.4, -0.2) is 46.3 Å². The molecule has 0 aromatic rings. The Morgan fingerprint density at radius 1 is 1.30 bits per heavy atom. The summed E-state index contributed by atoms with van der Waals surface area (Å²) in [5.74, 6) is 0. The minimum atomic E-state index is -0.944. The van der Waals surface area contributed by atoms with Gasteiger partial charge in [0.2, 0.25) is 0 Å². The van der Waals surface area contributed by atoms with Crippen LogP contribution in [0.15, 0.2) is 0 Å². The number of hydrogen-bond acceptors (Lipinski definition) is 4. The summed E-state index contributed by atoms with van der Waals surface area (Å²) in [4.78, 5) is 0. The van der Waals surface area contributed by atoms with Gasteiger partial charge in [0, 0.05) is 0 Å². The molecule has 4 heteroatoms. The van der Waals surface area contributed by atoms with Crippen LogP contribution >= 0.6 is 0 Å². The van der Waals surface area contributed by atoms with Crippen molar-refractivity contribution in [2.24, 2.45) is 0 Å². The number of rotatable bonds is 1. The average molecular weight is 148 g/mol. The van der Waals surface area contributed by atoms with Crippen LogP contribution in [0.2, 0.25) is 0 Å². The lowest BCUT2D eigenvalue weighted by Gasteiger charge is -2.10. The van der Waals surface area contributed by atoms with E-state index in [1.807, 2.05) is 0 Å². The molecule has 0 spiro atoms. The summed E-state index contributed by atoms with van der Waals surface area (Å²) in [6.45, 7) is 1.41. The summed E-state index contributed by atoms with van der Waals surface area (Å²) < 4.78 is 4.98. The standard InChI is InChI=1S/C6H12O4/c1-3-5(8)6(9)4(2-7)10-3/h3-9H,2H2,1H3/t3-,4+,5-,6?/m0/s1. The second kappa shape index (κ2) is 2.84. The maximum atomic E-state index is 9.09. The van der Waals surface area contributed by atoms with Gasteiger partial charge in [-0.1, -0.05) is 0 Å². The van der Waals surface area contributed by atoms with Crippen LogP contribution in [0.3, 0.4) is 0 Å². The van der Waals surface area contributed by atoms with Gasteiger partial charge >= 0.3 is 0 Å². The first-order valence-electron chi connectivity index (χ1n) is 3.29. The molecule has 0 aromatic carbocycles. The SMILES string of the molecule is C[C@@H]1O[C@H](CO)C(O)[C@H]1O. The molecule has 1 unspecified atom stereocenters. The Kier molecular flexibility index (Phi) is 2.25. The summed E-state index contributed by atoms with van der Waals surface area (Å²) in [5, 5.41) is 26.8. The van der Waals surface area contributed by atoms with Crippen molar-refractivity contribution in [3.05, 3.63) is 0 Å². The summed E-state index contributed by atoms with van der Waals surface area (Å²) >= 11 is 0. The highest BCUT2D eigenvalue weighted by molar-refractivity contribution is 4.87. The van der Waals surface area contributed by atoms with Gasteiger partial charge in [0.1, 0.15) is 18.3 Å². The van der Waals surface area contributed by atoms with E-state index in [1.54, 1.807) is 6.92 Å². The van der Waals surface area contributed by atoms with Crippen LogP contribution in [0, 0.1) is 0 Å². The fourth-order valence-corrected chi connectivity index (χ4v) is 1.09. The van der Waals surface area contributed by atoms with Gasteiger partial charge in [0.25, 0.3) is 0 Å². The lowest BCUT2D eigenvalue weighted by molar-refractivity contribution is -0.0171. The van der Waals surface area contributed by atoms with Crippen molar-refractivity contribution in [2.75, 3.05) is 6.61 Å². The summed E-state index contributed by atoms with van der Waals surface area (Å²) in [5.41, 5.74) is 0. The third-order valence-electron chi connectivity index (χ3n) is 1.78. The van der Waals surface area contributed by atoms with E-state index in [1.165, 1.54) is 0 Å². The molecule has 0 aromatic heterocycles. The second-order valence-electron chi connectivity index (χ2n) is 2.54. The topological polar surface area (TPSA) is 69.9 Å². The Bertz CT molecular complexity index is 116. The molecule has 0 amide bonds. The first-order valence-corrected chi connectivity index (χ1v) is 3.29. The number of aliphatic hydroxyl groups is 3. The molecule has 1 heterocycles. The number of aliphatic hydroxyl groups excluding tert-OH is 3. The Morgan fingerprint density at radius 2 is 1.90 bits per heavy atom. The molecule has 1 saturated heterocycles. The van der Waals surface area contributed by atoms with Gasteiger partial charge in [-0.2, -0.15) is 0 Å². The maximum Gasteiger partial charge on any atom is 0.111 e. The normalized spacial score (nSPS) is 48.0. The lowest BCUT2D eigenvalue weighted by Crippen LogP contribution is -2.33. The minimum absolute atomic E-state index is 0.247. The van der Waals surface area contributed by atoms with E-state index < -0.39 is 18.3 Å². The van der Waals surface area contributed by atoms with E-state index in [-0.39, 0.29) is 12.7 Å². The summed E-state index contributed by atoms with van der Waals surface area (Å²) in [6.07, 6.45) is -2.81. The molecule has 60 valence electrons. The third kappa shape index (κ3) is 1.15. The van der Waals surface area contributed by atoms with E-state index in [2.05, 4.69) is 0 Å². The predicted octanol–water partition coefficient (Wildman–Crippen LogP) is -1.51. The molecule has 1 fully saturated rings. The van der Waals surface area contributed by atoms with Gasteiger partial charge in [0.05, 0.1) is 12.7 Å². The predicted molar refractivity (Wildman–Crippen MR) is 33.4 cm³/mol. The van der Waals surface area contributed by atoms with Crippen molar-refractivity contribution in [1.29, 1.82) is 0 Å². The van der Waals surface area contributed by atoms with Gasteiger partial charge < -0.3 is 20.1 Å². The zero-order chi connectivity index (χ0) is 7.72. The van der Waals surface area contributed by atoms with E-state index in [4.69, 9.17) is 20.1 Å². The molecule has 3 N–H and O–H groups in total. The molecule has 4 atom stereocenters. The van der Waals surface area contributed by atoms with Crippen LogP contribution in [0.4, 0.5) is 0 Å². The largest absolute Gasteiger partial charge is 0.394 e. The second-order valence-corrected chi connectivity index (χ2v) is 2.54. The minimum Gasteiger partial charge on any atom is -0.394 e. The van der Waals surface area contributed by atoms with E-state index in [0.717, 1.165) is 0 Å². The molecule has 1 aliphatic rings. The van der Waals surface area contributed by atoms with Crippen molar-refractivity contribution in [3.63, 3.8) is 0 Å². The summed E-state index contributed by atoms with van der Waals surface area (Å²) in [6, 6.07) is 0. The van der Waals surface area contributed by atoms with Crippen LogP contribution in [0.1, 0.15) is 6.92 Å². The van der Waals surface area contributed by atoms with Crippen LogP contribution in [0.5, 0.6) is 0 Å². The maximum absolute atomic E-state index is 9.09. The monoisotopic (exact) mass is 148 g/mol. The number of hydrogen-bond donors (Lipinski definition) is 3. The van der Waals surface area contributed by atoms with Gasteiger partial charge in [-0.3, -0.25) is 0 Å². The quantitative estimate of drug-likeness (QED) is 0.422. The molecule has 0 bridgehead atoms. The Morgan fingerprint density at radius 3 is 2.10 bits per heavy atom. The average Bonchev–Trinajstić information content (AvgIpc) is 2.17. The van der Waals surface area contributed by atoms with Gasteiger partial charge in [-0.15, -0.1) is 0 Å². The van der Waals surface area contributed by atoms with Crippen LogP contribution in [-0.2, 0) is 4.74 Å². The zero-order valence-electron chi connectivity index (χ0n) is 5.77. The first kappa shape index (κ1) is 7.94. The lowest BCUT2D eigenvalue weighted by atomic mass is 10.1. The molecular weight excluding hydrogens is 136 g/mol. The molecule has 10 heavy (non-hydrogen) atoms. The van der Waals surface area contributed by atoms with Crippen molar-refractivity contribution in [2.45, 2.75) is 31.3 Å². The van der Waals surface area contributed by atoms with Gasteiger partial charge in [-0.05, 0) is 6.92 Å². The molecule has 0 radical (unpaired) electrons. The number of ether oxygens (including phenoxy) is 1. The fourth-order valence-electron chi connectivity index (χ4n) is 1.09. The molecule has 0 aliphatic carbocycles. The Hall–Kier alpha value is -0.160. The van der Waals surface area contributed by atoms with E-state index in [9.17, 15) is 0 Å². The Balaban J connectivity index is 2.53. The highest BCUT2D eigenvalue weighted by Crippen LogP contribution is 2.19. The molecule has 1 rings (SSSR count). The molecule has 1 aliphatic heterocycles. The molecular formula is C6H12O4. The van der Waals surface area contributed by atoms with Crippen molar-refractivity contribution >= 4 is 0 Å². The first-order chi connectivity index (χ1) is 4.66. The van der Waals surface area contributed by atoms with E-state index in [0.29, 0.717) is 0 Å². The summed E-state index contributed by atoms with van der Waals surface area (Å²) in [7, 11) is 0. The van der Waals surface area contributed by atoms with Gasteiger partial charge in [0.15, 0.2) is 0 Å².